The molecular formula is C20H22BrNO3S. The molecule has 0 fully saturated rings. The maximum atomic E-state index is 13.3. The molecule has 4 nitrogen and oxygen atoms in total. The van der Waals surface area contributed by atoms with Crippen molar-refractivity contribution in [2.24, 2.45) is 0 Å². The van der Waals surface area contributed by atoms with Crippen LogP contribution in [0.2, 0.25) is 0 Å². The van der Waals surface area contributed by atoms with Crippen LogP contribution in [0.5, 0.6) is 0 Å². The van der Waals surface area contributed by atoms with Gasteiger partial charge < -0.3 is 5.11 Å². The molecule has 0 radical (unpaired) electrons. The minimum Gasteiger partial charge on any atom is -0.387 e. The number of fused-ring (bicyclic) bond motifs is 1. The summed E-state index contributed by atoms with van der Waals surface area (Å²) < 4.78 is 28.8. The first-order chi connectivity index (χ1) is 12.3. The molecule has 1 N–H and O–H groups in total. The summed E-state index contributed by atoms with van der Waals surface area (Å²) in [6.45, 7) is 3.96. The standard InChI is InChI=1S/C20H22BrNO3S/c1-3-4-5-20(23)19-13-15-12-16(21)8-11-18(15)22(19)26(24,25)17-9-6-14(2)7-10-17/h6-13,20,23H,3-5H2,1-2H3. The lowest BCUT2D eigenvalue weighted by Crippen LogP contribution is -2.17. The number of halogens is 1. The number of aliphatic hydroxyl groups is 1. The Kier molecular flexibility index (Phi) is 5.55. The van der Waals surface area contributed by atoms with E-state index in [0.29, 0.717) is 17.6 Å². The van der Waals surface area contributed by atoms with Crippen molar-refractivity contribution in [3.63, 3.8) is 0 Å². The minimum absolute atomic E-state index is 0.215. The molecule has 0 aliphatic rings. The molecule has 138 valence electrons. The lowest BCUT2D eigenvalue weighted by Gasteiger charge is -2.16. The van der Waals surface area contributed by atoms with Gasteiger partial charge in [0.2, 0.25) is 0 Å². The lowest BCUT2D eigenvalue weighted by molar-refractivity contribution is 0.159. The molecule has 26 heavy (non-hydrogen) atoms. The number of aryl methyl sites for hydroxylation is 1. The van der Waals surface area contributed by atoms with Crippen LogP contribution in [0.3, 0.4) is 0 Å². The van der Waals surface area contributed by atoms with Gasteiger partial charge in [0, 0.05) is 9.86 Å². The molecule has 0 saturated carbocycles. The van der Waals surface area contributed by atoms with Gasteiger partial charge in [-0.2, -0.15) is 0 Å². The number of benzene rings is 2. The Morgan fingerprint density at radius 3 is 2.46 bits per heavy atom. The Hall–Kier alpha value is -1.63. The molecule has 1 atom stereocenters. The highest BCUT2D eigenvalue weighted by molar-refractivity contribution is 9.10. The van der Waals surface area contributed by atoms with E-state index in [9.17, 15) is 13.5 Å². The fraction of sp³-hybridized carbons (Fsp3) is 0.300. The van der Waals surface area contributed by atoms with Gasteiger partial charge in [-0.15, -0.1) is 0 Å². The third-order valence-electron chi connectivity index (χ3n) is 4.48. The van der Waals surface area contributed by atoms with E-state index in [2.05, 4.69) is 15.9 Å². The number of nitrogens with zero attached hydrogens (tertiary/aromatic N) is 1. The van der Waals surface area contributed by atoms with Crippen molar-refractivity contribution >= 4 is 36.9 Å². The molecule has 3 rings (SSSR count). The number of aromatic nitrogens is 1. The zero-order valence-electron chi connectivity index (χ0n) is 14.8. The first-order valence-electron chi connectivity index (χ1n) is 8.66. The number of hydrogen-bond acceptors (Lipinski definition) is 3. The van der Waals surface area contributed by atoms with E-state index in [1.165, 1.54) is 3.97 Å². The Bertz CT molecular complexity index is 1020. The van der Waals surface area contributed by atoms with Gasteiger partial charge in [0.1, 0.15) is 0 Å². The molecular weight excluding hydrogens is 414 g/mol. The third-order valence-corrected chi connectivity index (χ3v) is 6.73. The van der Waals surface area contributed by atoms with E-state index in [-0.39, 0.29) is 4.90 Å². The summed E-state index contributed by atoms with van der Waals surface area (Å²) in [5.74, 6) is 0. The molecule has 2 aromatic carbocycles. The predicted molar refractivity (Wildman–Crippen MR) is 108 cm³/mol. The van der Waals surface area contributed by atoms with Gasteiger partial charge in [-0.3, -0.25) is 0 Å². The molecule has 0 amide bonds. The zero-order valence-corrected chi connectivity index (χ0v) is 17.2. The van der Waals surface area contributed by atoms with Crippen LogP contribution >= 0.6 is 15.9 Å². The summed E-state index contributed by atoms with van der Waals surface area (Å²) in [6, 6.07) is 14.0. The van der Waals surface area contributed by atoms with Crippen molar-refractivity contribution in [3.05, 3.63) is 64.3 Å². The van der Waals surface area contributed by atoms with Gasteiger partial charge >= 0.3 is 0 Å². The van der Waals surface area contributed by atoms with E-state index in [0.717, 1.165) is 28.3 Å². The van der Waals surface area contributed by atoms with Gasteiger partial charge in [-0.05, 0) is 49.7 Å². The van der Waals surface area contributed by atoms with Crippen LogP contribution in [0.15, 0.2) is 57.9 Å². The molecule has 0 aliphatic heterocycles. The highest BCUT2D eigenvalue weighted by atomic mass is 79.9. The van der Waals surface area contributed by atoms with Gasteiger partial charge in [0.25, 0.3) is 10.0 Å². The number of hydrogen-bond donors (Lipinski definition) is 1. The molecule has 6 heteroatoms. The smallest absolute Gasteiger partial charge is 0.268 e. The summed E-state index contributed by atoms with van der Waals surface area (Å²) in [6.07, 6.45) is 1.46. The second kappa shape index (κ2) is 7.55. The first-order valence-corrected chi connectivity index (χ1v) is 10.9. The fourth-order valence-corrected chi connectivity index (χ4v) is 4.99. The SMILES string of the molecule is CCCCC(O)c1cc2cc(Br)ccc2n1S(=O)(=O)c1ccc(C)cc1. The highest BCUT2D eigenvalue weighted by Gasteiger charge is 2.26. The molecule has 0 bridgehead atoms. The topological polar surface area (TPSA) is 59.3 Å². The van der Waals surface area contributed by atoms with Crippen molar-refractivity contribution in [2.45, 2.75) is 44.1 Å². The number of rotatable bonds is 6. The van der Waals surface area contributed by atoms with Gasteiger partial charge in [0.15, 0.2) is 0 Å². The predicted octanol–water partition coefficient (Wildman–Crippen LogP) is 5.17. The maximum Gasteiger partial charge on any atom is 0.268 e. The number of aliphatic hydroxyl groups excluding tert-OH is 1. The van der Waals surface area contributed by atoms with Crippen LogP contribution in [0.25, 0.3) is 10.9 Å². The molecule has 1 heterocycles. The Labute approximate surface area is 162 Å². The van der Waals surface area contributed by atoms with Crippen molar-refractivity contribution in [1.82, 2.24) is 3.97 Å². The highest BCUT2D eigenvalue weighted by Crippen LogP contribution is 2.32. The summed E-state index contributed by atoms with van der Waals surface area (Å²) in [7, 11) is -3.81. The van der Waals surface area contributed by atoms with Crippen LogP contribution < -0.4 is 0 Å². The average Bonchev–Trinajstić information content (AvgIpc) is 2.99. The van der Waals surface area contributed by atoms with Crippen LogP contribution in [0.1, 0.15) is 43.5 Å². The number of unbranched alkanes of at least 4 members (excludes halogenated alkanes) is 1. The Balaban J connectivity index is 2.23. The second-order valence-electron chi connectivity index (χ2n) is 6.51. The largest absolute Gasteiger partial charge is 0.387 e. The van der Waals surface area contributed by atoms with Crippen LogP contribution in [0.4, 0.5) is 0 Å². The van der Waals surface area contributed by atoms with E-state index < -0.39 is 16.1 Å². The maximum absolute atomic E-state index is 13.3. The molecule has 1 aromatic heterocycles. The van der Waals surface area contributed by atoms with Crippen molar-refractivity contribution in [2.75, 3.05) is 0 Å². The summed E-state index contributed by atoms with van der Waals surface area (Å²) in [5.41, 5.74) is 1.97. The van der Waals surface area contributed by atoms with E-state index in [4.69, 9.17) is 0 Å². The summed E-state index contributed by atoms with van der Waals surface area (Å²) in [4.78, 5) is 0.215. The quantitative estimate of drug-likeness (QED) is 0.580. The normalized spacial score (nSPS) is 13.2. The minimum atomic E-state index is -3.81. The van der Waals surface area contributed by atoms with E-state index in [1.807, 2.05) is 26.0 Å². The first kappa shape index (κ1) is 19.1. The Morgan fingerprint density at radius 1 is 1.12 bits per heavy atom. The van der Waals surface area contributed by atoms with E-state index in [1.54, 1.807) is 36.4 Å². The molecule has 0 spiro atoms. The van der Waals surface area contributed by atoms with Crippen LogP contribution in [-0.4, -0.2) is 17.5 Å². The van der Waals surface area contributed by atoms with Crippen molar-refractivity contribution in [3.8, 4) is 0 Å². The van der Waals surface area contributed by atoms with Crippen LogP contribution in [0, 0.1) is 6.92 Å². The zero-order chi connectivity index (χ0) is 18.9. The van der Waals surface area contributed by atoms with Gasteiger partial charge in [-0.25, -0.2) is 12.4 Å². The molecule has 0 saturated heterocycles. The average molecular weight is 436 g/mol. The second-order valence-corrected chi connectivity index (χ2v) is 9.22. The lowest BCUT2D eigenvalue weighted by atomic mass is 10.1. The molecule has 0 aliphatic carbocycles. The van der Waals surface area contributed by atoms with Crippen molar-refractivity contribution in [1.29, 1.82) is 0 Å². The summed E-state index contributed by atoms with van der Waals surface area (Å²) in [5, 5.41) is 11.4. The van der Waals surface area contributed by atoms with Gasteiger partial charge in [0.05, 0.1) is 22.2 Å². The fourth-order valence-electron chi connectivity index (χ4n) is 3.04. The summed E-state index contributed by atoms with van der Waals surface area (Å²) >= 11 is 3.43. The van der Waals surface area contributed by atoms with E-state index >= 15 is 0 Å². The van der Waals surface area contributed by atoms with Crippen molar-refractivity contribution < 1.29 is 13.5 Å². The van der Waals surface area contributed by atoms with Gasteiger partial charge in [-0.1, -0.05) is 53.4 Å². The third kappa shape index (κ3) is 3.59. The van der Waals surface area contributed by atoms with Crippen LogP contribution in [-0.2, 0) is 10.0 Å². The molecule has 3 aromatic rings. The Morgan fingerprint density at radius 2 is 1.81 bits per heavy atom. The monoisotopic (exact) mass is 435 g/mol. The molecule has 1 unspecified atom stereocenters.